The molecule has 76 valence electrons. The van der Waals surface area contributed by atoms with Gasteiger partial charge in [0.05, 0.1) is 4.43 Å². The molecule has 0 aromatic carbocycles. The van der Waals surface area contributed by atoms with Gasteiger partial charge in [0.15, 0.2) is 11.5 Å². The summed E-state index contributed by atoms with van der Waals surface area (Å²) in [6.45, 7) is 0. The van der Waals surface area contributed by atoms with Crippen molar-refractivity contribution < 1.29 is 8.83 Å². The van der Waals surface area contributed by atoms with Crippen molar-refractivity contribution in [2.75, 3.05) is 12.5 Å². The molecule has 0 spiro atoms. The largest absolute Gasteiger partial charge is 0.519 e. The Morgan fingerprint density at radius 2 is 1.92 bits per heavy atom. The fourth-order valence-electron chi connectivity index (χ4n) is 0.868. The molecule has 0 fully saturated rings. The van der Waals surface area contributed by atoms with Crippen molar-refractivity contribution in [2.24, 2.45) is 0 Å². The van der Waals surface area contributed by atoms with E-state index >= 15 is 0 Å². The summed E-state index contributed by atoms with van der Waals surface area (Å²) in [6.07, 6.45) is 4.08. The van der Waals surface area contributed by atoms with Gasteiger partial charge in [-0.05, 0) is 12.5 Å². The third kappa shape index (κ3) is 3.59. The van der Waals surface area contributed by atoms with Gasteiger partial charge in [-0.2, -0.15) is 9.06 Å². The van der Waals surface area contributed by atoms with Gasteiger partial charge in [0.2, 0.25) is 0 Å². The van der Waals surface area contributed by atoms with Gasteiger partial charge in [0.1, 0.15) is 0 Å². The Kier molecular flexibility index (Phi) is 3.82. The SMILES string of the molecule is CS(C)(S)Cc1oc(=O)oc1CI. The summed E-state index contributed by atoms with van der Waals surface area (Å²) in [6, 6.07) is 0. The molecule has 1 heterocycles. The van der Waals surface area contributed by atoms with Crippen LogP contribution in [0.15, 0.2) is 13.6 Å². The van der Waals surface area contributed by atoms with Gasteiger partial charge in [-0.25, -0.2) is 4.79 Å². The predicted octanol–water partition coefficient (Wildman–Crippen LogP) is 2.58. The van der Waals surface area contributed by atoms with Crippen LogP contribution in [0.2, 0.25) is 0 Å². The van der Waals surface area contributed by atoms with Crippen molar-refractivity contribution in [3.8, 4) is 0 Å². The second kappa shape index (κ2) is 4.31. The highest BCUT2D eigenvalue weighted by molar-refractivity contribution is 14.1. The van der Waals surface area contributed by atoms with Gasteiger partial charge in [-0.1, -0.05) is 22.6 Å². The highest BCUT2D eigenvalue weighted by Crippen LogP contribution is 2.48. The molecule has 0 bridgehead atoms. The number of alkyl halides is 1. The van der Waals surface area contributed by atoms with Crippen LogP contribution in [-0.2, 0) is 10.2 Å². The highest BCUT2D eigenvalue weighted by Gasteiger charge is 2.16. The van der Waals surface area contributed by atoms with Crippen molar-refractivity contribution >= 4 is 43.3 Å². The fraction of sp³-hybridized carbons (Fsp3) is 0.571. The molecule has 0 unspecified atom stereocenters. The molecule has 0 aliphatic carbocycles. The molecule has 3 nitrogen and oxygen atoms in total. The summed E-state index contributed by atoms with van der Waals surface area (Å²) in [4.78, 5) is 10.8. The lowest BCUT2D eigenvalue weighted by Gasteiger charge is -2.21. The molecule has 0 aliphatic heterocycles. The van der Waals surface area contributed by atoms with Crippen LogP contribution >= 0.6 is 43.3 Å². The second-order valence-corrected chi connectivity index (χ2v) is 10.0. The molecular weight excluding hydrogens is 323 g/mol. The summed E-state index contributed by atoms with van der Waals surface area (Å²) >= 11 is 6.57. The summed E-state index contributed by atoms with van der Waals surface area (Å²) in [5.74, 6) is 1.36. The molecule has 0 aliphatic rings. The fourth-order valence-corrected chi connectivity index (χ4v) is 2.66. The van der Waals surface area contributed by atoms with Crippen molar-refractivity contribution in [1.82, 2.24) is 0 Å². The zero-order valence-electron chi connectivity index (χ0n) is 7.37. The Morgan fingerprint density at radius 1 is 1.38 bits per heavy atom. The first kappa shape index (κ1) is 11.5. The molecule has 6 heteroatoms. The first-order valence-corrected chi connectivity index (χ1v) is 8.73. The van der Waals surface area contributed by atoms with Crippen LogP contribution in [0.3, 0.4) is 0 Å². The maximum atomic E-state index is 10.8. The standard InChI is InChI=1S/C7H11IO3S2/c1-13(2,12)4-6-5(3-8)10-7(9)11-6/h12H,3-4H2,1-2H3. The molecule has 0 saturated heterocycles. The van der Waals surface area contributed by atoms with Crippen molar-refractivity contribution in [1.29, 1.82) is 0 Å². The molecule has 0 amide bonds. The normalized spacial score (nSPS) is 13.2. The Bertz CT molecular complexity index is 336. The minimum atomic E-state index is -0.998. The third-order valence-electron chi connectivity index (χ3n) is 1.33. The Labute approximate surface area is 96.5 Å². The van der Waals surface area contributed by atoms with E-state index in [0.29, 0.717) is 21.7 Å². The van der Waals surface area contributed by atoms with Crippen molar-refractivity contribution in [2.45, 2.75) is 10.2 Å². The van der Waals surface area contributed by atoms with Gasteiger partial charge in [0.25, 0.3) is 0 Å². The van der Waals surface area contributed by atoms with Crippen LogP contribution in [0.1, 0.15) is 11.5 Å². The van der Waals surface area contributed by atoms with Gasteiger partial charge in [-0.15, -0.1) is 11.7 Å². The van der Waals surface area contributed by atoms with Crippen LogP contribution in [0.5, 0.6) is 0 Å². The van der Waals surface area contributed by atoms with E-state index in [1.165, 1.54) is 0 Å². The Hall–Kier alpha value is 0.440. The summed E-state index contributed by atoms with van der Waals surface area (Å²) in [5, 5.41) is 0. The molecule has 13 heavy (non-hydrogen) atoms. The van der Waals surface area contributed by atoms with E-state index in [1.807, 2.05) is 12.5 Å². The smallest absolute Gasteiger partial charge is 0.395 e. The van der Waals surface area contributed by atoms with Crippen LogP contribution in [0.25, 0.3) is 0 Å². The summed E-state index contributed by atoms with van der Waals surface area (Å²) in [7, 11) is -0.998. The lowest BCUT2D eigenvalue weighted by atomic mass is 10.4. The molecule has 0 radical (unpaired) electrons. The topological polar surface area (TPSA) is 43.4 Å². The Balaban J connectivity index is 2.94. The van der Waals surface area contributed by atoms with Crippen LogP contribution < -0.4 is 5.82 Å². The number of halogens is 1. The van der Waals surface area contributed by atoms with Crippen molar-refractivity contribution in [3.63, 3.8) is 0 Å². The van der Waals surface area contributed by atoms with E-state index in [2.05, 4.69) is 34.3 Å². The maximum absolute atomic E-state index is 10.8. The molecular formula is C7H11IO3S2. The van der Waals surface area contributed by atoms with Gasteiger partial charge in [-0.3, -0.25) is 0 Å². The van der Waals surface area contributed by atoms with Crippen LogP contribution in [0.4, 0.5) is 0 Å². The molecule has 1 aromatic rings. The third-order valence-corrected chi connectivity index (χ3v) is 3.38. The van der Waals surface area contributed by atoms with E-state index in [1.54, 1.807) is 0 Å². The quantitative estimate of drug-likeness (QED) is 0.400. The summed E-state index contributed by atoms with van der Waals surface area (Å²) in [5.41, 5.74) is 0. The van der Waals surface area contributed by atoms with E-state index in [0.717, 1.165) is 0 Å². The minimum Gasteiger partial charge on any atom is -0.395 e. The average Bonchev–Trinajstić information content (AvgIpc) is 2.27. The van der Waals surface area contributed by atoms with Crippen LogP contribution in [-0.4, -0.2) is 12.5 Å². The highest BCUT2D eigenvalue weighted by atomic mass is 127. The number of thiol groups is 1. The number of rotatable bonds is 3. The van der Waals surface area contributed by atoms with E-state index < -0.39 is 14.9 Å². The number of hydrogen-bond acceptors (Lipinski definition) is 4. The lowest BCUT2D eigenvalue weighted by Crippen LogP contribution is -1.93. The minimum absolute atomic E-state index is 0.612. The van der Waals surface area contributed by atoms with E-state index in [4.69, 9.17) is 8.83 Å². The van der Waals surface area contributed by atoms with Gasteiger partial charge < -0.3 is 8.83 Å². The van der Waals surface area contributed by atoms with E-state index in [-0.39, 0.29) is 0 Å². The average molecular weight is 334 g/mol. The molecule has 1 rings (SSSR count). The molecule has 0 saturated carbocycles. The Morgan fingerprint density at radius 3 is 2.38 bits per heavy atom. The zero-order valence-corrected chi connectivity index (χ0v) is 11.2. The van der Waals surface area contributed by atoms with Gasteiger partial charge in [0, 0.05) is 5.75 Å². The monoisotopic (exact) mass is 334 g/mol. The maximum Gasteiger partial charge on any atom is 0.519 e. The number of hydrogen-bond donors (Lipinski definition) is 1. The van der Waals surface area contributed by atoms with Crippen molar-refractivity contribution in [3.05, 3.63) is 22.1 Å². The van der Waals surface area contributed by atoms with Crippen LogP contribution in [0, 0.1) is 0 Å². The molecule has 1 aromatic heterocycles. The predicted molar refractivity (Wildman–Crippen MR) is 67.1 cm³/mol. The second-order valence-electron chi connectivity index (χ2n) is 3.06. The zero-order chi connectivity index (χ0) is 10.1. The van der Waals surface area contributed by atoms with E-state index in [9.17, 15) is 4.79 Å². The lowest BCUT2D eigenvalue weighted by molar-refractivity contribution is 0.372. The van der Waals surface area contributed by atoms with Gasteiger partial charge >= 0.3 is 5.82 Å². The first-order valence-electron chi connectivity index (χ1n) is 3.53. The molecule has 0 atom stereocenters. The summed E-state index contributed by atoms with van der Waals surface area (Å²) < 4.78 is 10.4. The molecule has 0 N–H and O–H groups in total. The first-order chi connectivity index (χ1) is 5.92.